The molecule has 12 nitrogen and oxygen atoms in total. The lowest BCUT2D eigenvalue weighted by Gasteiger charge is -2.28. The summed E-state index contributed by atoms with van der Waals surface area (Å²) in [6.07, 6.45) is 0. The van der Waals surface area contributed by atoms with Crippen molar-refractivity contribution in [2.45, 2.75) is 6.92 Å². The topological polar surface area (TPSA) is 170 Å². The molecule has 0 fully saturated rings. The molecule has 2 N–H and O–H groups in total. The van der Waals surface area contributed by atoms with E-state index in [4.69, 9.17) is 39.4 Å². The van der Waals surface area contributed by atoms with Crippen LogP contribution in [0.3, 0.4) is 0 Å². The van der Waals surface area contributed by atoms with Gasteiger partial charge in [0, 0.05) is 16.9 Å². The van der Waals surface area contributed by atoms with Crippen molar-refractivity contribution in [1.82, 2.24) is 0 Å². The quantitative estimate of drug-likeness (QED) is 0.138. The third-order valence-corrected chi connectivity index (χ3v) is 2.95. The van der Waals surface area contributed by atoms with Crippen LogP contribution in [0.2, 0.25) is 0 Å². The molecule has 0 amide bonds. The van der Waals surface area contributed by atoms with E-state index in [0.29, 0.717) is 26.4 Å². The van der Waals surface area contributed by atoms with E-state index in [2.05, 4.69) is 10.0 Å². The molecule has 0 saturated heterocycles. The van der Waals surface area contributed by atoms with Gasteiger partial charge in [-0.1, -0.05) is 12.0 Å². The first-order chi connectivity index (χ1) is 12.9. The zero-order valence-corrected chi connectivity index (χ0v) is 15.4. The van der Waals surface area contributed by atoms with Crippen molar-refractivity contribution in [3.63, 3.8) is 0 Å². The van der Waals surface area contributed by atoms with Crippen molar-refractivity contribution in [3.05, 3.63) is 10.4 Å². The molecule has 0 unspecified atom stereocenters. The maximum atomic E-state index is 10.5. The molecule has 12 heteroatoms. The molecular weight excluding hydrogens is 366 g/mol. The summed E-state index contributed by atoms with van der Waals surface area (Å²) in [5.74, 6) is -2.19. The zero-order chi connectivity index (χ0) is 20.4. The Morgan fingerprint density at radius 3 is 1.78 bits per heavy atom. The first-order valence-corrected chi connectivity index (χ1v) is 8.23. The molecule has 0 aliphatic rings. The van der Waals surface area contributed by atoms with Gasteiger partial charge in [-0.05, 0) is 5.53 Å². The molecule has 0 aliphatic heterocycles. The van der Waals surface area contributed by atoms with Crippen molar-refractivity contribution in [2.75, 3.05) is 72.6 Å². The predicted octanol–water partition coefficient (Wildman–Crippen LogP) is 0.555. The molecule has 0 aromatic rings. The van der Waals surface area contributed by atoms with E-state index in [9.17, 15) is 9.59 Å². The minimum Gasteiger partial charge on any atom is -0.480 e. The van der Waals surface area contributed by atoms with Crippen LogP contribution >= 0.6 is 0 Å². The van der Waals surface area contributed by atoms with E-state index in [1.165, 1.54) is 0 Å². The number of hydrogen-bond acceptors (Lipinski definition) is 8. The number of carbonyl (C=O) groups is 2. The van der Waals surface area contributed by atoms with Gasteiger partial charge >= 0.3 is 11.9 Å². The van der Waals surface area contributed by atoms with E-state index >= 15 is 0 Å². The van der Waals surface area contributed by atoms with Gasteiger partial charge in [-0.25, -0.2) is 9.59 Å². The number of hydrogen-bond donors (Lipinski definition) is 2. The highest BCUT2D eigenvalue weighted by Gasteiger charge is 2.26. The minimum atomic E-state index is -1.10. The number of rotatable bonds is 19. The van der Waals surface area contributed by atoms with E-state index < -0.39 is 30.6 Å². The molecule has 0 spiro atoms. The molecule has 0 atom stereocenters. The van der Waals surface area contributed by atoms with E-state index in [-0.39, 0.29) is 33.0 Å². The maximum absolute atomic E-state index is 10.5. The number of carboxylic acids is 2. The Kier molecular flexibility index (Phi) is 15.1. The number of ether oxygens (including phenoxy) is 5. The van der Waals surface area contributed by atoms with Crippen LogP contribution in [0.15, 0.2) is 5.11 Å². The summed E-state index contributed by atoms with van der Waals surface area (Å²) < 4.78 is 26.1. The van der Waals surface area contributed by atoms with Gasteiger partial charge in [0.15, 0.2) is 0 Å². The van der Waals surface area contributed by atoms with Crippen molar-refractivity contribution in [1.29, 1.82) is 0 Å². The van der Waals surface area contributed by atoms with Gasteiger partial charge in [0.05, 0.1) is 52.9 Å². The summed E-state index contributed by atoms with van der Waals surface area (Å²) in [7, 11) is 0. The highest BCUT2D eigenvalue weighted by atomic mass is 16.5. The first-order valence-electron chi connectivity index (χ1n) is 8.23. The van der Waals surface area contributed by atoms with Crippen LogP contribution in [0.1, 0.15) is 6.92 Å². The predicted molar refractivity (Wildman–Crippen MR) is 91.5 cm³/mol. The van der Waals surface area contributed by atoms with Crippen molar-refractivity contribution >= 4 is 11.9 Å². The lowest BCUT2D eigenvalue weighted by Crippen LogP contribution is -2.36. The number of carboxylic acid groups (broad SMARTS) is 2. The van der Waals surface area contributed by atoms with Gasteiger partial charge in [0.1, 0.15) is 13.2 Å². The molecule has 0 heterocycles. The van der Waals surface area contributed by atoms with Crippen LogP contribution < -0.4 is 0 Å². The van der Waals surface area contributed by atoms with Gasteiger partial charge < -0.3 is 33.9 Å². The van der Waals surface area contributed by atoms with Crippen LogP contribution in [0.25, 0.3) is 10.4 Å². The second-order valence-electron chi connectivity index (χ2n) is 5.82. The summed E-state index contributed by atoms with van der Waals surface area (Å²) in [5.41, 5.74) is 7.39. The Balaban J connectivity index is 3.93. The van der Waals surface area contributed by atoms with Crippen LogP contribution in [-0.2, 0) is 33.3 Å². The maximum Gasteiger partial charge on any atom is 0.329 e. The fourth-order valence-electron chi connectivity index (χ4n) is 1.80. The first kappa shape index (κ1) is 25.1. The van der Waals surface area contributed by atoms with Crippen molar-refractivity contribution in [2.24, 2.45) is 10.5 Å². The lowest BCUT2D eigenvalue weighted by atomic mass is 9.94. The van der Waals surface area contributed by atoms with Gasteiger partial charge in [-0.2, -0.15) is 0 Å². The molecule has 0 rings (SSSR count). The molecule has 0 aromatic carbocycles. The SMILES string of the molecule is CC(COCCOCCOCCN=[N+]=[N-])(COCC(=O)O)COCC(=O)O. The molecule has 0 aromatic heterocycles. The Morgan fingerprint density at radius 2 is 1.30 bits per heavy atom. The van der Waals surface area contributed by atoms with Gasteiger partial charge in [-0.3, -0.25) is 0 Å². The second-order valence-corrected chi connectivity index (χ2v) is 5.82. The summed E-state index contributed by atoms with van der Waals surface area (Å²) in [6.45, 7) is 3.01. The molecular formula is C15H27N3O9. The molecule has 27 heavy (non-hydrogen) atoms. The summed E-state index contributed by atoms with van der Waals surface area (Å²) >= 11 is 0. The third kappa shape index (κ3) is 17.2. The number of aliphatic carboxylic acids is 2. The monoisotopic (exact) mass is 393 g/mol. The molecule has 0 bridgehead atoms. The average molecular weight is 393 g/mol. The van der Waals surface area contributed by atoms with Gasteiger partial charge in [-0.15, -0.1) is 0 Å². The summed E-state index contributed by atoms with van der Waals surface area (Å²) in [6, 6.07) is 0. The van der Waals surface area contributed by atoms with Crippen molar-refractivity contribution in [3.8, 4) is 0 Å². The van der Waals surface area contributed by atoms with Gasteiger partial charge in [0.2, 0.25) is 0 Å². The Morgan fingerprint density at radius 1 is 0.852 bits per heavy atom. The zero-order valence-electron chi connectivity index (χ0n) is 15.4. The third-order valence-electron chi connectivity index (χ3n) is 2.95. The lowest BCUT2D eigenvalue weighted by molar-refractivity contribution is -0.147. The molecule has 0 saturated carbocycles. The van der Waals surface area contributed by atoms with Gasteiger partial charge in [0.25, 0.3) is 0 Å². The Hall–Kier alpha value is -1.95. The fourth-order valence-corrected chi connectivity index (χ4v) is 1.80. The second kappa shape index (κ2) is 16.2. The normalized spacial score (nSPS) is 11.1. The van der Waals surface area contributed by atoms with Crippen LogP contribution in [0, 0.1) is 5.41 Å². The van der Waals surface area contributed by atoms with Crippen LogP contribution in [0.5, 0.6) is 0 Å². The average Bonchev–Trinajstić information content (AvgIpc) is 2.59. The number of azide groups is 1. The van der Waals surface area contributed by atoms with Crippen LogP contribution in [0.4, 0.5) is 0 Å². The summed E-state index contributed by atoms with van der Waals surface area (Å²) in [4.78, 5) is 23.7. The molecule has 156 valence electrons. The highest BCUT2D eigenvalue weighted by Crippen LogP contribution is 2.18. The van der Waals surface area contributed by atoms with Crippen molar-refractivity contribution < 1.29 is 43.5 Å². The summed E-state index contributed by atoms with van der Waals surface area (Å²) in [5, 5.41) is 20.6. The standard InChI is InChI=1S/C15H27N3O9/c1-15(11-26-8-13(19)20,12-27-9-14(21)22)10-25-7-6-24-5-4-23-3-2-17-18-16/h2-12H2,1H3,(H,19,20)(H,21,22). The molecule has 0 aliphatic carbocycles. The fraction of sp³-hybridized carbons (Fsp3) is 0.867. The Labute approximate surface area is 156 Å². The molecule has 0 radical (unpaired) electrons. The highest BCUT2D eigenvalue weighted by molar-refractivity contribution is 5.68. The van der Waals surface area contributed by atoms with E-state index in [1.54, 1.807) is 6.92 Å². The smallest absolute Gasteiger partial charge is 0.329 e. The van der Waals surface area contributed by atoms with E-state index in [0.717, 1.165) is 0 Å². The Bertz CT molecular complexity index is 449. The van der Waals surface area contributed by atoms with Crippen LogP contribution in [-0.4, -0.2) is 94.8 Å². The minimum absolute atomic E-state index is 0.0405. The largest absolute Gasteiger partial charge is 0.480 e. The number of nitrogens with zero attached hydrogens (tertiary/aromatic N) is 3. The van der Waals surface area contributed by atoms with E-state index in [1.807, 2.05) is 0 Å².